The molecule has 1 amide bonds. The lowest BCUT2D eigenvalue weighted by Gasteiger charge is -2.30. The molecule has 0 aromatic carbocycles. The summed E-state index contributed by atoms with van der Waals surface area (Å²) >= 11 is 0. The van der Waals surface area contributed by atoms with Crippen LogP contribution in [0.4, 0.5) is 4.79 Å². The van der Waals surface area contributed by atoms with Gasteiger partial charge in [-0.1, -0.05) is 0 Å². The highest BCUT2D eigenvalue weighted by Gasteiger charge is 2.55. The zero-order valence-electron chi connectivity index (χ0n) is 15.8. The summed E-state index contributed by atoms with van der Waals surface area (Å²) in [5, 5.41) is 15.3. The lowest BCUT2D eigenvalue weighted by Crippen LogP contribution is -2.38. The molecule has 0 radical (unpaired) electrons. The van der Waals surface area contributed by atoms with Gasteiger partial charge >= 0.3 is 6.09 Å². The van der Waals surface area contributed by atoms with Crippen molar-refractivity contribution >= 4 is 6.09 Å². The van der Waals surface area contributed by atoms with Crippen molar-refractivity contribution in [1.29, 1.82) is 0 Å². The van der Waals surface area contributed by atoms with Crippen LogP contribution in [0.3, 0.4) is 0 Å². The molecule has 1 heterocycles. The highest BCUT2D eigenvalue weighted by atomic mass is 16.6. The summed E-state index contributed by atoms with van der Waals surface area (Å²) in [7, 11) is 0. The molecule has 0 bridgehead atoms. The maximum Gasteiger partial charge on any atom is 0.407 e. The smallest absolute Gasteiger partial charge is 0.407 e. The number of amides is 1. The topological polar surface area (TPSA) is 81.1 Å². The number of hydrogen-bond donors (Lipinski definition) is 2. The van der Waals surface area contributed by atoms with Gasteiger partial charge in [0.1, 0.15) is 5.60 Å². The number of alkyl carbamates (subject to hydrolysis) is 1. The number of aromatic nitrogens is 3. The summed E-state index contributed by atoms with van der Waals surface area (Å²) in [5.74, 6) is 0. The molecule has 1 aromatic heterocycles. The van der Waals surface area contributed by atoms with E-state index in [1.807, 2.05) is 33.9 Å². The van der Waals surface area contributed by atoms with E-state index < -0.39 is 5.60 Å². The van der Waals surface area contributed by atoms with E-state index in [-0.39, 0.29) is 12.1 Å². The molecule has 1 unspecified atom stereocenters. The molecule has 2 saturated carbocycles. The maximum absolute atomic E-state index is 11.9. The van der Waals surface area contributed by atoms with E-state index >= 15 is 0 Å². The monoisotopic (exact) mass is 349 g/mol. The van der Waals surface area contributed by atoms with Gasteiger partial charge in [0, 0.05) is 18.6 Å². The molecule has 7 heteroatoms. The van der Waals surface area contributed by atoms with Gasteiger partial charge in [0.2, 0.25) is 0 Å². The van der Waals surface area contributed by atoms with Crippen molar-refractivity contribution in [2.45, 2.75) is 90.6 Å². The number of carbonyl (C=O) groups excluding carboxylic acids is 1. The molecule has 0 saturated heterocycles. The first kappa shape index (κ1) is 18.2. The standard InChI is InChI=1S/C18H31N5O2/c1-5-23-20-12-14(22-23)11-19-13-6-8-18(9-7-13)10-15(18)21-16(24)25-17(2,3)4/h12-13,15,19H,5-11H2,1-4H3,(H,21,24). The van der Waals surface area contributed by atoms with Crippen LogP contribution >= 0.6 is 0 Å². The van der Waals surface area contributed by atoms with E-state index in [1.165, 1.54) is 0 Å². The Bertz CT molecular complexity index is 599. The molecule has 1 atom stereocenters. The van der Waals surface area contributed by atoms with Gasteiger partial charge in [-0.25, -0.2) is 4.79 Å². The van der Waals surface area contributed by atoms with Crippen molar-refractivity contribution in [3.8, 4) is 0 Å². The van der Waals surface area contributed by atoms with E-state index in [4.69, 9.17) is 4.74 Å². The summed E-state index contributed by atoms with van der Waals surface area (Å²) in [6, 6.07) is 0.813. The van der Waals surface area contributed by atoms with E-state index in [1.54, 1.807) is 4.80 Å². The Kier molecular flexibility index (Phi) is 5.04. The molecule has 3 rings (SSSR count). The number of aryl methyl sites for hydroxylation is 1. The van der Waals surface area contributed by atoms with Gasteiger partial charge in [0.15, 0.2) is 0 Å². The Labute approximate surface area is 149 Å². The van der Waals surface area contributed by atoms with Crippen LogP contribution in [0.1, 0.15) is 65.5 Å². The molecule has 1 spiro atoms. The molecular weight excluding hydrogens is 318 g/mol. The average molecular weight is 349 g/mol. The quantitative estimate of drug-likeness (QED) is 0.854. The van der Waals surface area contributed by atoms with Crippen LogP contribution in [0.2, 0.25) is 0 Å². The Morgan fingerprint density at radius 2 is 2.12 bits per heavy atom. The third kappa shape index (κ3) is 4.71. The molecule has 140 valence electrons. The summed E-state index contributed by atoms with van der Waals surface area (Å²) in [4.78, 5) is 13.6. The van der Waals surface area contributed by atoms with Crippen molar-refractivity contribution in [3.63, 3.8) is 0 Å². The number of nitrogens with one attached hydrogen (secondary N) is 2. The van der Waals surface area contributed by atoms with Crippen LogP contribution in [0, 0.1) is 5.41 Å². The number of carbonyl (C=O) groups is 1. The SMILES string of the molecule is CCn1ncc(CNC2CCC3(CC2)CC3NC(=O)OC(C)(C)C)n1. The van der Waals surface area contributed by atoms with Crippen molar-refractivity contribution < 1.29 is 9.53 Å². The van der Waals surface area contributed by atoms with Crippen molar-refractivity contribution in [3.05, 3.63) is 11.9 Å². The number of nitrogens with zero attached hydrogens (tertiary/aromatic N) is 3. The van der Waals surface area contributed by atoms with Crippen LogP contribution in [-0.4, -0.2) is 38.8 Å². The average Bonchev–Trinajstić information content (AvgIpc) is 2.98. The molecule has 7 nitrogen and oxygen atoms in total. The lowest BCUT2D eigenvalue weighted by atomic mass is 9.82. The Morgan fingerprint density at radius 1 is 1.40 bits per heavy atom. The maximum atomic E-state index is 11.9. The second-order valence-electron chi connectivity index (χ2n) is 8.44. The van der Waals surface area contributed by atoms with Gasteiger partial charge in [-0.2, -0.15) is 15.0 Å². The lowest BCUT2D eigenvalue weighted by molar-refractivity contribution is 0.0512. The zero-order chi connectivity index (χ0) is 18.1. The Balaban J connectivity index is 1.38. The van der Waals surface area contributed by atoms with Crippen LogP contribution in [0.5, 0.6) is 0 Å². The van der Waals surface area contributed by atoms with Gasteiger partial charge in [0.25, 0.3) is 0 Å². The fourth-order valence-electron chi connectivity index (χ4n) is 3.77. The van der Waals surface area contributed by atoms with Gasteiger partial charge < -0.3 is 15.4 Å². The summed E-state index contributed by atoms with van der Waals surface area (Å²) < 4.78 is 5.37. The minimum atomic E-state index is -0.437. The molecule has 2 aliphatic rings. The number of ether oxygens (including phenoxy) is 1. The molecule has 1 aromatic rings. The largest absolute Gasteiger partial charge is 0.444 e. The molecule has 25 heavy (non-hydrogen) atoms. The normalized spacial score (nSPS) is 28.8. The fraction of sp³-hybridized carbons (Fsp3) is 0.833. The third-order valence-electron chi connectivity index (χ3n) is 5.30. The second-order valence-corrected chi connectivity index (χ2v) is 8.44. The molecule has 2 aliphatic carbocycles. The van der Waals surface area contributed by atoms with Crippen LogP contribution in [0.15, 0.2) is 6.20 Å². The Morgan fingerprint density at radius 3 is 2.72 bits per heavy atom. The minimum Gasteiger partial charge on any atom is -0.444 e. The molecular formula is C18H31N5O2. The van der Waals surface area contributed by atoms with Gasteiger partial charge in [0.05, 0.1) is 18.4 Å². The van der Waals surface area contributed by atoms with E-state index in [2.05, 4.69) is 20.8 Å². The second kappa shape index (κ2) is 6.94. The number of hydrogen-bond acceptors (Lipinski definition) is 5. The first-order chi connectivity index (χ1) is 11.8. The molecule has 2 N–H and O–H groups in total. The molecule has 2 fully saturated rings. The summed E-state index contributed by atoms with van der Waals surface area (Å²) in [6.07, 6.45) is 7.25. The van der Waals surface area contributed by atoms with E-state index in [9.17, 15) is 4.79 Å². The highest BCUT2D eigenvalue weighted by Crippen LogP contribution is 2.56. The van der Waals surface area contributed by atoms with Gasteiger partial charge in [-0.05, 0) is 65.2 Å². The first-order valence-electron chi connectivity index (χ1n) is 9.41. The van der Waals surface area contributed by atoms with Crippen LogP contribution in [0.25, 0.3) is 0 Å². The Hall–Kier alpha value is -1.63. The predicted molar refractivity (Wildman–Crippen MR) is 95.0 cm³/mol. The van der Waals surface area contributed by atoms with Gasteiger partial charge in [-0.15, -0.1) is 0 Å². The first-order valence-corrected chi connectivity index (χ1v) is 9.41. The van der Waals surface area contributed by atoms with Crippen LogP contribution < -0.4 is 10.6 Å². The van der Waals surface area contributed by atoms with Crippen molar-refractivity contribution in [2.75, 3.05) is 0 Å². The highest BCUT2D eigenvalue weighted by molar-refractivity contribution is 5.68. The number of rotatable bonds is 5. The summed E-state index contributed by atoms with van der Waals surface area (Å²) in [6.45, 7) is 9.30. The van der Waals surface area contributed by atoms with Crippen LogP contribution in [-0.2, 0) is 17.8 Å². The van der Waals surface area contributed by atoms with Crippen molar-refractivity contribution in [2.24, 2.45) is 5.41 Å². The van der Waals surface area contributed by atoms with E-state index in [0.717, 1.165) is 50.9 Å². The summed E-state index contributed by atoms with van der Waals surface area (Å²) in [5.41, 5.74) is 0.867. The van der Waals surface area contributed by atoms with Crippen molar-refractivity contribution in [1.82, 2.24) is 25.6 Å². The zero-order valence-corrected chi connectivity index (χ0v) is 15.8. The predicted octanol–water partition coefficient (Wildman–Crippen LogP) is 2.61. The van der Waals surface area contributed by atoms with Gasteiger partial charge in [-0.3, -0.25) is 0 Å². The van der Waals surface area contributed by atoms with E-state index in [0.29, 0.717) is 11.5 Å². The molecule has 0 aliphatic heterocycles. The third-order valence-corrected chi connectivity index (χ3v) is 5.30. The fourth-order valence-corrected chi connectivity index (χ4v) is 3.77. The minimum absolute atomic E-state index is 0.284.